The summed E-state index contributed by atoms with van der Waals surface area (Å²) >= 11 is 0. The van der Waals surface area contributed by atoms with Crippen molar-refractivity contribution in [3.05, 3.63) is 29.8 Å². The fourth-order valence-corrected chi connectivity index (χ4v) is 2.84. The van der Waals surface area contributed by atoms with Gasteiger partial charge in [-0.2, -0.15) is 0 Å². The van der Waals surface area contributed by atoms with Gasteiger partial charge in [0.05, 0.1) is 0 Å². The highest BCUT2D eigenvalue weighted by atomic mass is 16.2. The zero-order chi connectivity index (χ0) is 15.9. The predicted octanol–water partition coefficient (Wildman–Crippen LogP) is 1.59. The van der Waals surface area contributed by atoms with Crippen LogP contribution in [0.2, 0.25) is 0 Å². The number of anilines is 1. The summed E-state index contributed by atoms with van der Waals surface area (Å²) in [6.45, 7) is 4.38. The van der Waals surface area contributed by atoms with Crippen LogP contribution in [0.15, 0.2) is 24.3 Å². The predicted molar refractivity (Wildman–Crippen MR) is 87.6 cm³/mol. The molecule has 0 bridgehead atoms. The Balaban J connectivity index is 2.01. The molecule has 1 saturated heterocycles. The van der Waals surface area contributed by atoms with Crippen molar-refractivity contribution in [1.82, 2.24) is 5.32 Å². The normalized spacial score (nSPS) is 17.4. The number of nitrogens with zero attached hydrogens (tertiary/aromatic N) is 1. The summed E-state index contributed by atoms with van der Waals surface area (Å²) in [5, 5.41) is 3.32. The van der Waals surface area contributed by atoms with E-state index in [0.29, 0.717) is 18.9 Å². The van der Waals surface area contributed by atoms with Gasteiger partial charge in [-0.1, -0.05) is 12.1 Å². The lowest BCUT2D eigenvalue weighted by Gasteiger charge is -2.23. The van der Waals surface area contributed by atoms with Gasteiger partial charge >= 0.3 is 0 Å². The molecule has 1 unspecified atom stereocenters. The number of aryl methyl sites for hydroxylation is 1. The minimum Gasteiger partial charge on any atom is -0.370 e. The van der Waals surface area contributed by atoms with Crippen LogP contribution in [0, 0.1) is 12.8 Å². The molecule has 0 aromatic heterocycles. The molecule has 5 heteroatoms. The average molecular weight is 303 g/mol. The molecule has 1 heterocycles. The van der Waals surface area contributed by atoms with Gasteiger partial charge in [-0.15, -0.1) is 0 Å². The Kier molecular flexibility index (Phi) is 5.95. The summed E-state index contributed by atoms with van der Waals surface area (Å²) in [7, 11) is 0. The third-order valence-corrected chi connectivity index (χ3v) is 4.13. The average Bonchev–Trinajstić information content (AvgIpc) is 2.98. The molecule has 120 valence electrons. The maximum Gasteiger partial charge on any atom is 0.227 e. The lowest BCUT2D eigenvalue weighted by Crippen LogP contribution is -2.34. The van der Waals surface area contributed by atoms with Gasteiger partial charge in [0.25, 0.3) is 0 Å². The van der Waals surface area contributed by atoms with Crippen molar-refractivity contribution >= 4 is 17.5 Å². The van der Waals surface area contributed by atoms with Crippen LogP contribution in [-0.2, 0) is 9.59 Å². The summed E-state index contributed by atoms with van der Waals surface area (Å²) in [4.78, 5) is 25.3. The number of rotatable bonds is 7. The van der Waals surface area contributed by atoms with Crippen molar-refractivity contribution in [3.8, 4) is 0 Å². The number of benzene rings is 1. The topological polar surface area (TPSA) is 75.4 Å². The van der Waals surface area contributed by atoms with Crippen LogP contribution in [-0.4, -0.2) is 31.4 Å². The number of carbonyl (C=O) groups excluding carboxylic acids is 2. The second kappa shape index (κ2) is 7.94. The first kappa shape index (κ1) is 16.5. The fraction of sp³-hybridized carbons (Fsp3) is 0.529. The second-order valence-electron chi connectivity index (χ2n) is 6.00. The lowest BCUT2D eigenvalue weighted by molar-refractivity contribution is -0.119. The van der Waals surface area contributed by atoms with E-state index in [1.54, 1.807) is 4.90 Å². The number of hydrogen-bond acceptors (Lipinski definition) is 3. The van der Waals surface area contributed by atoms with Crippen LogP contribution in [0.5, 0.6) is 0 Å². The molecule has 1 aromatic carbocycles. The van der Waals surface area contributed by atoms with Crippen molar-refractivity contribution in [3.63, 3.8) is 0 Å². The molecule has 1 aromatic rings. The Morgan fingerprint density at radius 2 is 2.18 bits per heavy atom. The largest absolute Gasteiger partial charge is 0.370 e. The second-order valence-corrected chi connectivity index (χ2v) is 6.00. The summed E-state index contributed by atoms with van der Waals surface area (Å²) < 4.78 is 0. The van der Waals surface area contributed by atoms with Crippen molar-refractivity contribution in [2.75, 3.05) is 24.5 Å². The maximum absolute atomic E-state index is 12.6. The van der Waals surface area contributed by atoms with Gasteiger partial charge in [0.1, 0.15) is 0 Å². The zero-order valence-electron chi connectivity index (χ0n) is 13.2. The third kappa shape index (κ3) is 4.84. The number of carbonyl (C=O) groups is 2. The zero-order valence-corrected chi connectivity index (χ0v) is 13.2. The van der Waals surface area contributed by atoms with Crippen molar-refractivity contribution in [2.45, 2.75) is 32.6 Å². The van der Waals surface area contributed by atoms with Crippen molar-refractivity contribution < 1.29 is 9.59 Å². The lowest BCUT2D eigenvalue weighted by atomic mass is 10.0. The standard InChI is InChI=1S/C17H25N3O2/c1-13-3-2-4-15(11-13)20(10-8-16(18)21)17(22)6-5-14-7-9-19-12-14/h2-4,11,14,19H,5-10,12H2,1H3,(H2,18,21). The van der Waals surface area contributed by atoms with Crippen LogP contribution < -0.4 is 16.0 Å². The molecule has 2 amide bonds. The molecule has 0 spiro atoms. The molecule has 1 fully saturated rings. The maximum atomic E-state index is 12.6. The van der Waals surface area contributed by atoms with E-state index in [1.165, 1.54) is 0 Å². The third-order valence-electron chi connectivity index (χ3n) is 4.13. The van der Waals surface area contributed by atoms with Gasteiger partial charge in [-0.05, 0) is 56.5 Å². The van der Waals surface area contributed by atoms with Crippen LogP contribution in [0.3, 0.4) is 0 Å². The Morgan fingerprint density at radius 1 is 1.36 bits per heavy atom. The minimum atomic E-state index is -0.384. The molecular formula is C17H25N3O2. The van der Waals surface area contributed by atoms with E-state index in [4.69, 9.17) is 5.73 Å². The van der Waals surface area contributed by atoms with Crippen molar-refractivity contribution in [2.24, 2.45) is 11.7 Å². The molecule has 0 saturated carbocycles. The number of amides is 2. The SMILES string of the molecule is Cc1cccc(N(CCC(N)=O)C(=O)CCC2CCNC2)c1. The van der Waals surface area contributed by atoms with Crippen molar-refractivity contribution in [1.29, 1.82) is 0 Å². The molecule has 1 aliphatic rings. The fourth-order valence-electron chi connectivity index (χ4n) is 2.84. The highest BCUT2D eigenvalue weighted by Crippen LogP contribution is 2.20. The quantitative estimate of drug-likeness (QED) is 0.803. The van der Waals surface area contributed by atoms with E-state index < -0.39 is 0 Å². The Bertz CT molecular complexity index is 524. The Labute approximate surface area is 131 Å². The smallest absolute Gasteiger partial charge is 0.227 e. The molecule has 1 atom stereocenters. The number of primary amides is 1. The molecule has 0 radical (unpaired) electrons. The molecule has 5 nitrogen and oxygen atoms in total. The number of nitrogens with two attached hydrogens (primary N) is 1. The van der Waals surface area contributed by atoms with E-state index in [1.807, 2.05) is 31.2 Å². The molecular weight excluding hydrogens is 278 g/mol. The number of hydrogen-bond donors (Lipinski definition) is 2. The summed E-state index contributed by atoms with van der Waals surface area (Å²) in [6.07, 6.45) is 2.73. The first-order valence-electron chi connectivity index (χ1n) is 7.92. The molecule has 22 heavy (non-hydrogen) atoms. The van der Waals surface area contributed by atoms with Crippen LogP contribution in [0.4, 0.5) is 5.69 Å². The monoisotopic (exact) mass is 303 g/mol. The Hall–Kier alpha value is -1.88. The van der Waals surface area contributed by atoms with Crippen LogP contribution >= 0.6 is 0 Å². The van der Waals surface area contributed by atoms with E-state index in [0.717, 1.165) is 37.2 Å². The van der Waals surface area contributed by atoms with Gasteiger partial charge in [0, 0.05) is 25.1 Å². The van der Waals surface area contributed by atoms with Gasteiger partial charge < -0.3 is 16.0 Å². The number of nitrogens with one attached hydrogen (secondary N) is 1. The molecule has 3 N–H and O–H groups in total. The Morgan fingerprint density at radius 3 is 2.82 bits per heavy atom. The van der Waals surface area contributed by atoms with Gasteiger partial charge in [0.15, 0.2) is 0 Å². The van der Waals surface area contributed by atoms with Crippen LogP contribution in [0.25, 0.3) is 0 Å². The van der Waals surface area contributed by atoms with Crippen LogP contribution in [0.1, 0.15) is 31.2 Å². The first-order valence-corrected chi connectivity index (χ1v) is 7.92. The molecule has 1 aliphatic heterocycles. The van der Waals surface area contributed by atoms with E-state index in [2.05, 4.69) is 5.32 Å². The first-order chi connectivity index (χ1) is 10.6. The van der Waals surface area contributed by atoms with Gasteiger partial charge in [-0.3, -0.25) is 9.59 Å². The summed E-state index contributed by atoms with van der Waals surface area (Å²) in [6, 6.07) is 7.79. The minimum absolute atomic E-state index is 0.0683. The summed E-state index contributed by atoms with van der Waals surface area (Å²) in [5.74, 6) is 0.267. The highest BCUT2D eigenvalue weighted by molar-refractivity contribution is 5.94. The highest BCUT2D eigenvalue weighted by Gasteiger charge is 2.20. The summed E-state index contributed by atoms with van der Waals surface area (Å²) in [5.41, 5.74) is 7.17. The van der Waals surface area contributed by atoms with Gasteiger partial charge in [-0.25, -0.2) is 0 Å². The van der Waals surface area contributed by atoms with Gasteiger partial charge in [0.2, 0.25) is 11.8 Å². The molecule has 2 rings (SSSR count). The molecule has 0 aliphatic carbocycles. The van der Waals surface area contributed by atoms with E-state index >= 15 is 0 Å². The van der Waals surface area contributed by atoms with E-state index in [-0.39, 0.29) is 18.2 Å². The van der Waals surface area contributed by atoms with E-state index in [9.17, 15) is 9.59 Å².